The molecule has 0 aliphatic carbocycles. The van der Waals surface area contributed by atoms with Crippen molar-refractivity contribution in [3.05, 3.63) is 142 Å². The number of amides is 1. The van der Waals surface area contributed by atoms with Crippen molar-refractivity contribution in [2.75, 3.05) is 4.90 Å². The number of aliphatic hydroxyl groups is 1. The highest BCUT2D eigenvalue weighted by molar-refractivity contribution is 8.00. The first-order chi connectivity index (χ1) is 23.3. The van der Waals surface area contributed by atoms with E-state index in [9.17, 15) is 19.1 Å². The molecule has 1 saturated heterocycles. The van der Waals surface area contributed by atoms with Crippen LogP contribution in [0.1, 0.15) is 39.7 Å². The van der Waals surface area contributed by atoms with Crippen molar-refractivity contribution in [3.8, 4) is 5.75 Å². The summed E-state index contributed by atoms with van der Waals surface area (Å²) >= 11 is 2.38. The van der Waals surface area contributed by atoms with Crippen LogP contribution in [0, 0.1) is 19.7 Å². The monoisotopic (exact) mass is 677 g/mol. The number of hydrogen-bond acceptors (Lipinski definition) is 9. The molecule has 0 radical (unpaired) electrons. The molecule has 1 N–H and O–H groups in total. The minimum atomic E-state index is -1.03. The Morgan fingerprint density at radius 2 is 1.71 bits per heavy atom. The summed E-state index contributed by atoms with van der Waals surface area (Å²) in [4.78, 5) is 33.5. The summed E-state index contributed by atoms with van der Waals surface area (Å²) in [6.45, 7) is 4.06. The lowest BCUT2D eigenvalue weighted by Crippen LogP contribution is -2.29. The number of ether oxygens (including phenoxy) is 1. The van der Waals surface area contributed by atoms with Gasteiger partial charge in [0, 0.05) is 11.9 Å². The Morgan fingerprint density at radius 3 is 2.46 bits per heavy atom. The second kappa shape index (κ2) is 13.1. The van der Waals surface area contributed by atoms with Gasteiger partial charge in [0.2, 0.25) is 5.13 Å². The number of pyridine rings is 1. The molecule has 1 fully saturated rings. The smallest absolute Gasteiger partial charge is 0.301 e. The lowest BCUT2D eigenvalue weighted by Gasteiger charge is -2.22. The molecule has 240 valence electrons. The van der Waals surface area contributed by atoms with Crippen LogP contribution >= 0.6 is 23.1 Å². The van der Waals surface area contributed by atoms with Crippen LogP contribution in [0.3, 0.4) is 0 Å². The largest absolute Gasteiger partial charge is 0.505 e. The highest BCUT2D eigenvalue weighted by Gasteiger charge is 2.49. The summed E-state index contributed by atoms with van der Waals surface area (Å²) in [6.07, 6.45) is 1.83. The molecule has 1 atom stereocenters. The molecule has 6 aromatic rings. The standard InChI is InChI=1S/C36H28FN5O4S2/c1-21-9-8-18-41-22(2)29(38-33(21)41)31(43)28-30(24-14-16-26(17-15-24)46-19-23-10-4-3-5-11-23)42(34(45)32(28)44)35-39-40-36(48-35)47-20-25-12-6-7-13-27(25)37/h3-18,30,43H,19-20H2,1-2H3/b31-28+. The zero-order valence-corrected chi connectivity index (χ0v) is 27.5. The number of aromatic nitrogens is 4. The molecule has 1 aliphatic heterocycles. The Kier molecular flexibility index (Phi) is 8.50. The molecule has 1 amide bonds. The van der Waals surface area contributed by atoms with Crippen molar-refractivity contribution in [2.24, 2.45) is 0 Å². The van der Waals surface area contributed by atoms with Crippen LogP contribution in [0.15, 0.2) is 107 Å². The second-order valence-corrected chi connectivity index (χ2v) is 13.4. The number of Topliss-reactive ketones (excluding diaryl/α,β-unsaturated/α-hetero) is 1. The highest BCUT2D eigenvalue weighted by atomic mass is 32.2. The summed E-state index contributed by atoms with van der Waals surface area (Å²) in [6, 6.07) is 26.0. The Bertz CT molecular complexity index is 2200. The van der Waals surface area contributed by atoms with Crippen LogP contribution in [0.2, 0.25) is 0 Å². The maximum Gasteiger partial charge on any atom is 0.301 e. The lowest BCUT2D eigenvalue weighted by atomic mass is 9.96. The molecule has 12 heteroatoms. The number of aryl methyl sites for hydroxylation is 2. The van der Waals surface area contributed by atoms with Gasteiger partial charge < -0.3 is 14.2 Å². The number of thioether (sulfide) groups is 1. The van der Waals surface area contributed by atoms with E-state index in [1.807, 2.05) is 60.0 Å². The van der Waals surface area contributed by atoms with Crippen molar-refractivity contribution in [1.29, 1.82) is 0 Å². The molecule has 3 aromatic carbocycles. The van der Waals surface area contributed by atoms with E-state index in [0.29, 0.717) is 44.9 Å². The molecule has 1 aliphatic rings. The molecule has 0 saturated carbocycles. The van der Waals surface area contributed by atoms with Crippen LogP contribution in [-0.2, 0) is 21.9 Å². The fraction of sp³-hybridized carbons (Fsp3) is 0.139. The maximum atomic E-state index is 14.2. The van der Waals surface area contributed by atoms with Gasteiger partial charge in [-0.05, 0) is 60.4 Å². The fourth-order valence-corrected chi connectivity index (χ4v) is 7.47. The number of benzene rings is 3. The third-order valence-corrected chi connectivity index (χ3v) is 10.2. The molecular formula is C36H28FN5O4S2. The fourth-order valence-electron chi connectivity index (χ4n) is 5.62. The van der Waals surface area contributed by atoms with Gasteiger partial charge in [0.15, 0.2) is 10.1 Å². The lowest BCUT2D eigenvalue weighted by molar-refractivity contribution is -0.132. The van der Waals surface area contributed by atoms with Crippen molar-refractivity contribution >= 4 is 51.3 Å². The zero-order valence-electron chi connectivity index (χ0n) is 25.8. The van der Waals surface area contributed by atoms with Gasteiger partial charge in [0.05, 0.1) is 17.3 Å². The summed E-state index contributed by atoms with van der Waals surface area (Å²) < 4.78 is 22.5. The first kappa shape index (κ1) is 31.3. The summed E-state index contributed by atoms with van der Waals surface area (Å²) in [7, 11) is 0. The van der Waals surface area contributed by atoms with Gasteiger partial charge >= 0.3 is 5.91 Å². The Morgan fingerprint density at radius 1 is 0.958 bits per heavy atom. The Hall–Kier alpha value is -5.33. The second-order valence-electron chi connectivity index (χ2n) is 11.2. The van der Waals surface area contributed by atoms with Crippen LogP contribution in [0.25, 0.3) is 11.4 Å². The van der Waals surface area contributed by atoms with Crippen LogP contribution in [0.4, 0.5) is 9.52 Å². The topological polar surface area (TPSA) is 110 Å². The van der Waals surface area contributed by atoms with E-state index in [2.05, 4.69) is 15.2 Å². The van der Waals surface area contributed by atoms with Crippen LogP contribution in [0.5, 0.6) is 5.75 Å². The van der Waals surface area contributed by atoms with Crippen molar-refractivity contribution in [3.63, 3.8) is 0 Å². The van der Waals surface area contributed by atoms with Crippen LogP contribution < -0.4 is 9.64 Å². The number of carbonyl (C=O) groups is 2. The third kappa shape index (κ3) is 5.84. The van der Waals surface area contributed by atoms with E-state index in [0.717, 1.165) is 22.5 Å². The highest BCUT2D eigenvalue weighted by Crippen LogP contribution is 2.44. The molecule has 1 unspecified atom stereocenters. The van der Waals surface area contributed by atoms with Crippen molar-refractivity contribution in [1.82, 2.24) is 19.6 Å². The van der Waals surface area contributed by atoms with E-state index in [1.54, 1.807) is 49.4 Å². The number of anilines is 1. The van der Waals surface area contributed by atoms with Crippen molar-refractivity contribution in [2.45, 2.75) is 36.6 Å². The number of carbonyl (C=O) groups excluding carboxylic acids is 2. The molecular weight excluding hydrogens is 650 g/mol. The Balaban J connectivity index is 1.27. The number of ketones is 1. The van der Waals surface area contributed by atoms with Gasteiger partial charge in [-0.25, -0.2) is 9.37 Å². The third-order valence-electron chi connectivity index (χ3n) is 8.11. The van der Waals surface area contributed by atoms with Gasteiger partial charge in [0.25, 0.3) is 5.78 Å². The molecule has 3 aromatic heterocycles. The van der Waals surface area contributed by atoms with E-state index >= 15 is 0 Å². The molecule has 9 nitrogen and oxygen atoms in total. The van der Waals surface area contributed by atoms with Gasteiger partial charge in [0.1, 0.15) is 29.5 Å². The zero-order chi connectivity index (χ0) is 33.4. The summed E-state index contributed by atoms with van der Waals surface area (Å²) in [5.41, 5.74) is 4.28. The van der Waals surface area contributed by atoms with Gasteiger partial charge in [-0.15, -0.1) is 10.2 Å². The summed E-state index contributed by atoms with van der Waals surface area (Å²) in [5.74, 6) is -1.54. The number of rotatable bonds is 9. The number of imidazole rings is 1. The molecule has 7 rings (SSSR count). The molecule has 0 spiro atoms. The molecule has 0 bridgehead atoms. The average Bonchev–Trinajstić information content (AvgIpc) is 3.78. The van der Waals surface area contributed by atoms with E-state index in [4.69, 9.17) is 4.74 Å². The quantitative estimate of drug-likeness (QED) is 0.0553. The molecule has 48 heavy (non-hydrogen) atoms. The first-order valence-electron chi connectivity index (χ1n) is 15.0. The number of nitrogens with zero attached hydrogens (tertiary/aromatic N) is 5. The first-order valence-corrected chi connectivity index (χ1v) is 16.8. The van der Waals surface area contributed by atoms with E-state index in [-0.39, 0.29) is 28.0 Å². The van der Waals surface area contributed by atoms with Gasteiger partial charge in [-0.3, -0.25) is 14.5 Å². The SMILES string of the molecule is Cc1cccn2c(C)c(/C(O)=C3\C(=O)C(=O)N(c4nnc(SCc5ccccc5F)s4)C3c3ccc(OCc4ccccc4)cc3)nc12. The Labute approximate surface area is 283 Å². The minimum absolute atomic E-state index is 0.113. The predicted octanol–water partition coefficient (Wildman–Crippen LogP) is 7.44. The average molecular weight is 678 g/mol. The molecule has 4 heterocycles. The minimum Gasteiger partial charge on any atom is -0.505 e. The maximum absolute atomic E-state index is 14.2. The van der Waals surface area contributed by atoms with E-state index < -0.39 is 17.7 Å². The van der Waals surface area contributed by atoms with Gasteiger partial charge in [-0.2, -0.15) is 0 Å². The predicted molar refractivity (Wildman–Crippen MR) is 183 cm³/mol. The van der Waals surface area contributed by atoms with E-state index in [1.165, 1.54) is 22.7 Å². The summed E-state index contributed by atoms with van der Waals surface area (Å²) in [5, 5.41) is 20.5. The normalized spacial score (nSPS) is 15.8. The van der Waals surface area contributed by atoms with Crippen LogP contribution in [-0.4, -0.2) is 36.4 Å². The van der Waals surface area contributed by atoms with Crippen molar-refractivity contribution < 1.29 is 23.8 Å². The number of aliphatic hydroxyl groups excluding tert-OH is 1. The number of hydrogen-bond donors (Lipinski definition) is 1. The van der Waals surface area contributed by atoms with Gasteiger partial charge in [-0.1, -0.05) is 89.8 Å². The number of halogens is 1. The number of fused-ring (bicyclic) bond motifs is 1.